The molecule has 0 saturated carbocycles. The molecule has 2 heterocycles. The van der Waals surface area contributed by atoms with Crippen LogP contribution in [0.3, 0.4) is 0 Å². The summed E-state index contributed by atoms with van der Waals surface area (Å²) in [5.41, 5.74) is 2.00. The van der Waals surface area contributed by atoms with E-state index >= 15 is 0 Å². The smallest absolute Gasteiger partial charge is 0.320 e. The molecule has 1 aromatic heterocycles. The highest BCUT2D eigenvalue weighted by atomic mass is 32.1. The van der Waals surface area contributed by atoms with E-state index in [2.05, 4.69) is 4.98 Å². The number of aromatic nitrogens is 1. The number of benzene rings is 1. The number of carboxylic acids is 1. The zero-order chi connectivity index (χ0) is 16.9. The van der Waals surface area contributed by atoms with Gasteiger partial charge >= 0.3 is 5.97 Å². The van der Waals surface area contributed by atoms with Crippen LogP contribution in [0.2, 0.25) is 0 Å². The Balaban J connectivity index is 1.69. The molecule has 1 saturated heterocycles. The molecule has 2 aromatic rings. The molecule has 24 heavy (non-hydrogen) atoms. The Hall–Kier alpha value is -1.92. The molecule has 128 valence electrons. The molecule has 6 heteroatoms. The van der Waals surface area contributed by atoms with Crippen molar-refractivity contribution >= 4 is 17.3 Å². The lowest BCUT2D eigenvalue weighted by atomic mass is 10.0. The Bertz CT molecular complexity index is 684. The van der Waals surface area contributed by atoms with Crippen LogP contribution in [0.4, 0.5) is 0 Å². The molecule has 0 amide bonds. The lowest BCUT2D eigenvalue weighted by Crippen LogP contribution is -2.44. The van der Waals surface area contributed by atoms with Gasteiger partial charge in [0.05, 0.1) is 12.3 Å². The summed E-state index contributed by atoms with van der Waals surface area (Å²) in [5.74, 6) is 0.132. The molecule has 0 radical (unpaired) electrons. The lowest BCUT2D eigenvalue weighted by Gasteiger charge is -2.32. The number of thiazole rings is 1. The zero-order valence-electron chi connectivity index (χ0n) is 13.8. The molecule has 1 N–H and O–H groups in total. The van der Waals surface area contributed by atoms with Crippen molar-refractivity contribution in [1.82, 2.24) is 9.88 Å². The molecule has 1 aliphatic rings. The van der Waals surface area contributed by atoms with Crippen LogP contribution in [-0.4, -0.2) is 40.2 Å². The number of nitrogens with zero attached hydrogens (tertiary/aromatic N) is 2. The van der Waals surface area contributed by atoms with E-state index in [1.54, 1.807) is 11.3 Å². The van der Waals surface area contributed by atoms with E-state index in [0.717, 1.165) is 47.8 Å². The second-order valence-electron chi connectivity index (χ2n) is 5.92. The summed E-state index contributed by atoms with van der Waals surface area (Å²) < 4.78 is 5.46. The number of carbonyl (C=O) groups is 1. The minimum absolute atomic E-state index is 0.380. The van der Waals surface area contributed by atoms with Crippen LogP contribution in [0, 0.1) is 0 Å². The first kappa shape index (κ1) is 16.9. The number of carboxylic acid groups (broad SMARTS) is 1. The third-order valence-corrected chi connectivity index (χ3v) is 5.17. The van der Waals surface area contributed by atoms with Crippen LogP contribution >= 0.6 is 11.3 Å². The lowest BCUT2D eigenvalue weighted by molar-refractivity contribution is -0.144. The van der Waals surface area contributed by atoms with Crippen LogP contribution in [-0.2, 0) is 11.3 Å². The van der Waals surface area contributed by atoms with Crippen LogP contribution in [0.1, 0.15) is 31.9 Å². The summed E-state index contributed by atoms with van der Waals surface area (Å²) in [6, 6.07) is 7.54. The third-order valence-electron chi connectivity index (χ3n) is 4.23. The second-order valence-corrected chi connectivity index (χ2v) is 6.78. The molecular weight excluding hydrogens is 324 g/mol. The molecule has 1 aromatic carbocycles. The Morgan fingerprint density at radius 1 is 1.38 bits per heavy atom. The summed E-state index contributed by atoms with van der Waals surface area (Å²) in [6.07, 6.45) is 2.77. The highest BCUT2D eigenvalue weighted by Crippen LogP contribution is 2.27. The minimum atomic E-state index is -0.725. The predicted molar refractivity (Wildman–Crippen MR) is 94.4 cm³/mol. The van der Waals surface area contributed by atoms with Gasteiger partial charge in [-0.2, -0.15) is 0 Å². The minimum Gasteiger partial charge on any atom is -0.494 e. The van der Waals surface area contributed by atoms with Crippen molar-refractivity contribution in [3.8, 4) is 16.3 Å². The molecule has 1 atom stereocenters. The average Bonchev–Trinajstić information content (AvgIpc) is 3.05. The van der Waals surface area contributed by atoms with Crippen LogP contribution in [0.15, 0.2) is 29.6 Å². The van der Waals surface area contributed by atoms with Gasteiger partial charge in [-0.3, -0.25) is 9.69 Å². The predicted octanol–water partition coefficient (Wildman–Crippen LogP) is 3.65. The zero-order valence-corrected chi connectivity index (χ0v) is 14.6. The SMILES string of the molecule is CCOc1ccc(-c2nc(CN3CCCCC3C(=O)O)cs2)cc1. The van der Waals surface area contributed by atoms with E-state index in [1.807, 2.05) is 41.5 Å². The Morgan fingerprint density at radius 3 is 2.88 bits per heavy atom. The van der Waals surface area contributed by atoms with Gasteiger partial charge in [-0.1, -0.05) is 6.42 Å². The number of likely N-dealkylation sites (tertiary alicyclic amines) is 1. The second kappa shape index (κ2) is 7.77. The van der Waals surface area contributed by atoms with Crippen molar-refractivity contribution in [1.29, 1.82) is 0 Å². The standard InChI is InChI=1S/C18H22N2O3S/c1-2-23-15-8-6-13(7-9-15)17-19-14(12-24-17)11-20-10-4-3-5-16(20)18(21)22/h6-9,12,16H,2-5,10-11H2,1H3,(H,21,22). The van der Waals surface area contributed by atoms with E-state index in [4.69, 9.17) is 4.74 Å². The first-order valence-electron chi connectivity index (χ1n) is 8.32. The molecule has 5 nitrogen and oxygen atoms in total. The number of hydrogen-bond acceptors (Lipinski definition) is 5. The van der Waals surface area contributed by atoms with Crippen molar-refractivity contribution in [2.75, 3.05) is 13.2 Å². The van der Waals surface area contributed by atoms with Gasteiger partial charge in [0.25, 0.3) is 0 Å². The van der Waals surface area contributed by atoms with Gasteiger partial charge < -0.3 is 9.84 Å². The molecule has 1 fully saturated rings. The van der Waals surface area contributed by atoms with Crippen molar-refractivity contribution in [2.45, 2.75) is 38.8 Å². The largest absolute Gasteiger partial charge is 0.494 e. The van der Waals surface area contributed by atoms with E-state index in [1.165, 1.54) is 0 Å². The van der Waals surface area contributed by atoms with Gasteiger partial charge in [0.15, 0.2) is 0 Å². The molecule has 3 rings (SSSR count). The summed E-state index contributed by atoms with van der Waals surface area (Å²) in [6.45, 7) is 4.05. The molecule has 1 unspecified atom stereocenters. The Labute approximate surface area is 145 Å². The van der Waals surface area contributed by atoms with Gasteiger partial charge in [0.1, 0.15) is 16.8 Å². The summed E-state index contributed by atoms with van der Waals surface area (Å²) in [7, 11) is 0. The van der Waals surface area contributed by atoms with Crippen molar-refractivity contribution in [3.63, 3.8) is 0 Å². The Kier molecular flexibility index (Phi) is 5.48. The summed E-state index contributed by atoms with van der Waals surface area (Å²) >= 11 is 1.59. The van der Waals surface area contributed by atoms with Crippen LogP contribution in [0.5, 0.6) is 5.75 Å². The van der Waals surface area contributed by atoms with Gasteiger partial charge in [0.2, 0.25) is 0 Å². The number of rotatable bonds is 6. The van der Waals surface area contributed by atoms with Gasteiger partial charge in [0, 0.05) is 17.5 Å². The highest BCUT2D eigenvalue weighted by molar-refractivity contribution is 7.13. The molecular formula is C18H22N2O3S. The average molecular weight is 346 g/mol. The first-order valence-corrected chi connectivity index (χ1v) is 9.20. The molecule has 1 aliphatic heterocycles. The number of piperidine rings is 1. The van der Waals surface area contributed by atoms with Gasteiger partial charge in [-0.05, 0) is 50.6 Å². The maximum atomic E-state index is 11.4. The Morgan fingerprint density at radius 2 is 2.17 bits per heavy atom. The number of hydrogen-bond donors (Lipinski definition) is 1. The number of ether oxygens (including phenoxy) is 1. The summed E-state index contributed by atoms with van der Waals surface area (Å²) in [4.78, 5) is 18.1. The molecule has 0 aliphatic carbocycles. The summed E-state index contributed by atoms with van der Waals surface area (Å²) in [5, 5.41) is 12.4. The van der Waals surface area contributed by atoms with Crippen molar-refractivity contribution in [2.24, 2.45) is 0 Å². The highest BCUT2D eigenvalue weighted by Gasteiger charge is 2.28. The third kappa shape index (κ3) is 3.94. The number of aliphatic carboxylic acids is 1. The van der Waals surface area contributed by atoms with E-state index in [-0.39, 0.29) is 6.04 Å². The maximum absolute atomic E-state index is 11.4. The topological polar surface area (TPSA) is 62.7 Å². The van der Waals surface area contributed by atoms with Crippen LogP contribution < -0.4 is 4.74 Å². The monoisotopic (exact) mass is 346 g/mol. The normalized spacial score (nSPS) is 18.5. The van der Waals surface area contributed by atoms with Crippen molar-refractivity contribution < 1.29 is 14.6 Å². The fraction of sp³-hybridized carbons (Fsp3) is 0.444. The maximum Gasteiger partial charge on any atom is 0.320 e. The van der Waals surface area contributed by atoms with Crippen molar-refractivity contribution in [3.05, 3.63) is 35.3 Å². The quantitative estimate of drug-likeness (QED) is 0.865. The van der Waals surface area contributed by atoms with Gasteiger partial charge in [-0.25, -0.2) is 4.98 Å². The molecule has 0 bridgehead atoms. The van der Waals surface area contributed by atoms with Crippen LogP contribution in [0.25, 0.3) is 10.6 Å². The fourth-order valence-corrected chi connectivity index (χ4v) is 3.86. The fourth-order valence-electron chi connectivity index (χ4n) is 3.04. The van der Waals surface area contributed by atoms with Gasteiger partial charge in [-0.15, -0.1) is 11.3 Å². The van der Waals surface area contributed by atoms with E-state index < -0.39 is 5.97 Å². The van der Waals surface area contributed by atoms with E-state index in [9.17, 15) is 9.90 Å². The van der Waals surface area contributed by atoms with E-state index in [0.29, 0.717) is 13.2 Å². The first-order chi connectivity index (χ1) is 11.7. The molecule has 0 spiro atoms.